The van der Waals surface area contributed by atoms with Crippen molar-refractivity contribution in [1.82, 2.24) is 4.90 Å². The number of hydrogen-bond acceptors (Lipinski definition) is 2. The van der Waals surface area contributed by atoms with Gasteiger partial charge in [-0.1, -0.05) is 42.5 Å². The number of hydrogen-bond donors (Lipinski definition) is 0. The lowest BCUT2D eigenvalue weighted by molar-refractivity contribution is 0.0730. The van der Waals surface area contributed by atoms with E-state index in [9.17, 15) is 9.00 Å². The topological polar surface area (TPSA) is 37.4 Å². The molecule has 0 N–H and O–H groups in total. The van der Waals surface area contributed by atoms with Gasteiger partial charge in [-0.25, -0.2) is 0 Å². The lowest BCUT2D eigenvalue weighted by Crippen LogP contribution is -2.32. The highest BCUT2D eigenvalue weighted by atomic mass is 32.2. The highest BCUT2D eigenvalue weighted by Crippen LogP contribution is 2.30. The Hall–Kier alpha value is -1.94. The van der Waals surface area contributed by atoms with E-state index in [1.165, 1.54) is 0 Å². The van der Waals surface area contributed by atoms with Crippen molar-refractivity contribution in [3.63, 3.8) is 0 Å². The summed E-state index contributed by atoms with van der Waals surface area (Å²) in [6.45, 7) is 0.647. The van der Waals surface area contributed by atoms with Crippen LogP contribution >= 0.6 is 0 Å². The van der Waals surface area contributed by atoms with Crippen LogP contribution in [0.5, 0.6) is 0 Å². The molecule has 1 saturated carbocycles. The number of benzene rings is 2. The summed E-state index contributed by atoms with van der Waals surface area (Å²) in [6.07, 6.45) is 3.84. The minimum absolute atomic E-state index is 0.0695. The van der Waals surface area contributed by atoms with Crippen molar-refractivity contribution in [3.8, 4) is 0 Å². The molecule has 23 heavy (non-hydrogen) atoms. The van der Waals surface area contributed by atoms with E-state index in [2.05, 4.69) is 12.1 Å². The predicted molar refractivity (Wildman–Crippen MR) is 93.5 cm³/mol. The summed E-state index contributed by atoms with van der Waals surface area (Å²) in [5, 5.41) is 0. The Morgan fingerprint density at radius 3 is 2.43 bits per heavy atom. The van der Waals surface area contributed by atoms with Crippen molar-refractivity contribution >= 4 is 16.7 Å². The van der Waals surface area contributed by atoms with Crippen molar-refractivity contribution in [2.75, 3.05) is 6.26 Å². The molecule has 1 atom stereocenters. The second kappa shape index (κ2) is 7.09. The second-order valence-electron chi connectivity index (χ2n) is 6.07. The lowest BCUT2D eigenvalue weighted by atomic mass is 10.1. The number of nitrogens with zero attached hydrogens (tertiary/aromatic N) is 1. The van der Waals surface area contributed by atoms with Crippen molar-refractivity contribution in [2.45, 2.75) is 31.2 Å². The average molecular weight is 327 g/mol. The van der Waals surface area contributed by atoms with Crippen molar-refractivity contribution in [2.24, 2.45) is 0 Å². The maximum atomic E-state index is 12.9. The Kier molecular flexibility index (Phi) is 4.91. The van der Waals surface area contributed by atoms with E-state index in [4.69, 9.17) is 0 Å². The maximum Gasteiger partial charge on any atom is 0.254 e. The number of carbonyl (C=O) groups excluding carboxylic acids is 1. The quantitative estimate of drug-likeness (QED) is 0.816. The minimum atomic E-state index is -0.902. The van der Waals surface area contributed by atoms with E-state index in [0.29, 0.717) is 23.9 Å². The molecule has 2 aromatic carbocycles. The summed E-state index contributed by atoms with van der Waals surface area (Å²) in [4.78, 5) is 14.9. The fraction of sp³-hybridized carbons (Fsp3) is 0.316. The number of amides is 1. The summed E-state index contributed by atoms with van der Waals surface area (Å²) >= 11 is 0. The largest absolute Gasteiger partial charge is 0.331 e. The lowest BCUT2D eigenvalue weighted by Gasteiger charge is -2.23. The maximum absolute atomic E-state index is 12.9. The third-order valence-electron chi connectivity index (χ3n) is 3.99. The third kappa shape index (κ3) is 4.29. The molecule has 3 nitrogen and oxygen atoms in total. The van der Waals surface area contributed by atoms with Crippen LogP contribution in [0, 0.1) is 0 Å². The number of carbonyl (C=O) groups is 1. The van der Waals surface area contributed by atoms with E-state index < -0.39 is 10.8 Å². The molecule has 1 aliphatic rings. The molecule has 4 heteroatoms. The average Bonchev–Trinajstić information content (AvgIpc) is 3.37. The zero-order valence-electron chi connectivity index (χ0n) is 13.3. The molecule has 120 valence electrons. The molecule has 1 unspecified atom stereocenters. The first kappa shape index (κ1) is 15.9. The van der Waals surface area contributed by atoms with Crippen LogP contribution in [0.4, 0.5) is 0 Å². The molecule has 0 bridgehead atoms. The highest BCUT2D eigenvalue weighted by Gasteiger charge is 2.33. The van der Waals surface area contributed by atoms with Crippen molar-refractivity contribution < 1.29 is 9.00 Å². The highest BCUT2D eigenvalue weighted by molar-refractivity contribution is 7.83. The first-order valence-electron chi connectivity index (χ1n) is 7.87. The molecule has 3 rings (SSSR count). The Balaban J connectivity index is 1.80. The molecular weight excluding hydrogens is 306 g/mol. The summed E-state index contributed by atoms with van der Waals surface area (Å²) in [5.74, 6) is 0.559. The van der Waals surface area contributed by atoms with E-state index in [-0.39, 0.29) is 5.91 Å². The van der Waals surface area contributed by atoms with Gasteiger partial charge in [-0.3, -0.25) is 9.00 Å². The van der Waals surface area contributed by atoms with Gasteiger partial charge in [0.25, 0.3) is 5.91 Å². The van der Waals surface area contributed by atoms with Crippen molar-refractivity contribution in [3.05, 3.63) is 71.3 Å². The third-order valence-corrected chi connectivity index (χ3v) is 4.73. The second-order valence-corrected chi connectivity index (χ2v) is 7.50. The molecule has 0 heterocycles. The Labute approximate surface area is 139 Å². The molecule has 0 saturated heterocycles. The van der Waals surface area contributed by atoms with Crippen LogP contribution in [0.1, 0.15) is 34.3 Å². The van der Waals surface area contributed by atoms with Crippen LogP contribution in [-0.4, -0.2) is 27.3 Å². The van der Waals surface area contributed by atoms with Gasteiger partial charge in [0.1, 0.15) is 0 Å². The van der Waals surface area contributed by atoms with Gasteiger partial charge in [-0.15, -0.1) is 0 Å². The van der Waals surface area contributed by atoms with Gasteiger partial charge >= 0.3 is 0 Å². The SMILES string of the molecule is CS(=O)Cc1cccc(C(=O)N(Cc2ccccc2)C2CC2)c1. The van der Waals surface area contributed by atoms with Crippen LogP contribution in [-0.2, 0) is 23.1 Å². The first-order chi connectivity index (χ1) is 11.1. The molecule has 1 aliphatic carbocycles. The zero-order valence-corrected chi connectivity index (χ0v) is 14.1. The van der Waals surface area contributed by atoms with E-state index in [1.807, 2.05) is 47.4 Å². The van der Waals surface area contributed by atoms with Gasteiger partial charge in [0.15, 0.2) is 0 Å². The standard InChI is InChI=1S/C19H21NO2S/c1-23(22)14-16-8-5-9-17(12-16)19(21)20(18-10-11-18)13-15-6-3-2-4-7-15/h2-9,12,18H,10-11,13-14H2,1H3. The Morgan fingerprint density at radius 2 is 1.78 bits per heavy atom. The summed E-state index contributed by atoms with van der Waals surface area (Å²) in [7, 11) is -0.902. The van der Waals surface area contributed by atoms with E-state index in [1.54, 1.807) is 6.26 Å². The van der Waals surface area contributed by atoms with Crippen LogP contribution < -0.4 is 0 Å². The van der Waals surface area contributed by atoms with Crippen LogP contribution in [0.15, 0.2) is 54.6 Å². The molecule has 2 aromatic rings. The molecule has 0 spiro atoms. The van der Waals surface area contributed by atoms with Gasteiger partial charge in [-0.05, 0) is 36.1 Å². The molecule has 0 aliphatic heterocycles. The van der Waals surface area contributed by atoms with E-state index in [0.717, 1.165) is 24.0 Å². The molecular formula is C19H21NO2S. The van der Waals surface area contributed by atoms with Crippen LogP contribution in [0.25, 0.3) is 0 Å². The van der Waals surface area contributed by atoms with Gasteiger partial charge in [0, 0.05) is 41.0 Å². The first-order valence-corrected chi connectivity index (χ1v) is 9.60. The van der Waals surface area contributed by atoms with Gasteiger partial charge in [-0.2, -0.15) is 0 Å². The van der Waals surface area contributed by atoms with Crippen LogP contribution in [0.3, 0.4) is 0 Å². The molecule has 1 amide bonds. The fourth-order valence-corrected chi connectivity index (χ4v) is 3.38. The molecule has 0 radical (unpaired) electrons. The van der Waals surface area contributed by atoms with Crippen LogP contribution in [0.2, 0.25) is 0 Å². The summed E-state index contributed by atoms with van der Waals surface area (Å²) < 4.78 is 11.4. The molecule has 1 fully saturated rings. The summed E-state index contributed by atoms with van der Waals surface area (Å²) in [5.41, 5.74) is 2.79. The monoisotopic (exact) mass is 327 g/mol. The van der Waals surface area contributed by atoms with Gasteiger partial charge in [0.2, 0.25) is 0 Å². The predicted octanol–water partition coefficient (Wildman–Crippen LogP) is 3.37. The zero-order chi connectivity index (χ0) is 16.2. The molecule has 0 aromatic heterocycles. The van der Waals surface area contributed by atoms with Gasteiger partial charge < -0.3 is 4.90 Å². The summed E-state index contributed by atoms with van der Waals surface area (Å²) in [6, 6.07) is 18.0. The Bertz CT molecular complexity index is 710. The normalized spacial score (nSPS) is 15.2. The number of rotatable bonds is 6. The fourth-order valence-electron chi connectivity index (χ4n) is 2.73. The van der Waals surface area contributed by atoms with E-state index >= 15 is 0 Å². The Morgan fingerprint density at radius 1 is 1.09 bits per heavy atom. The minimum Gasteiger partial charge on any atom is -0.331 e. The van der Waals surface area contributed by atoms with Crippen molar-refractivity contribution in [1.29, 1.82) is 0 Å². The van der Waals surface area contributed by atoms with Gasteiger partial charge in [0.05, 0.1) is 0 Å². The smallest absolute Gasteiger partial charge is 0.254 e.